The van der Waals surface area contributed by atoms with E-state index >= 15 is 0 Å². The van der Waals surface area contributed by atoms with Gasteiger partial charge >= 0.3 is 0 Å². The summed E-state index contributed by atoms with van der Waals surface area (Å²) in [5, 5.41) is 17.2. The van der Waals surface area contributed by atoms with Gasteiger partial charge in [-0.2, -0.15) is 0 Å². The van der Waals surface area contributed by atoms with Crippen molar-refractivity contribution in [3.8, 4) is 11.5 Å². The molecule has 8 heteroatoms. The molecular weight excluding hydrogens is 554 g/mol. The van der Waals surface area contributed by atoms with Crippen LogP contribution in [-0.2, 0) is 16.0 Å². The van der Waals surface area contributed by atoms with Gasteiger partial charge in [-0.25, -0.2) is 0 Å². The number of nitrogens with zero attached hydrogens (tertiary/aromatic N) is 1. The first-order chi connectivity index (χ1) is 21.5. The van der Waals surface area contributed by atoms with E-state index in [4.69, 9.17) is 4.74 Å². The molecule has 3 aromatic rings. The Morgan fingerprint density at radius 3 is 2.18 bits per heavy atom. The molecule has 1 saturated heterocycles. The lowest BCUT2D eigenvalue weighted by Gasteiger charge is -2.32. The quantitative estimate of drug-likeness (QED) is 0.290. The Morgan fingerprint density at radius 1 is 0.795 bits per heavy atom. The highest BCUT2D eigenvalue weighted by molar-refractivity contribution is 5.98. The summed E-state index contributed by atoms with van der Waals surface area (Å²) in [5.74, 6) is 0.0293. The number of carbonyl (C=O) groups excluding carboxylic acids is 3. The molecule has 0 bridgehead atoms. The molecule has 2 unspecified atom stereocenters. The number of para-hydroxylation sites is 1. The number of hydrogen-bond donors (Lipinski definition) is 3. The van der Waals surface area contributed by atoms with Gasteiger partial charge in [0.15, 0.2) is 6.10 Å². The number of hydrogen-bond acceptors (Lipinski definition) is 5. The molecular formula is C36H43N3O5. The topological polar surface area (TPSA) is 108 Å². The Labute approximate surface area is 259 Å². The van der Waals surface area contributed by atoms with Crippen LogP contribution in [0.5, 0.6) is 11.5 Å². The first-order valence-corrected chi connectivity index (χ1v) is 15.9. The van der Waals surface area contributed by atoms with Crippen molar-refractivity contribution in [3.05, 3.63) is 96.1 Å². The van der Waals surface area contributed by atoms with Crippen LogP contribution >= 0.6 is 0 Å². The van der Waals surface area contributed by atoms with Crippen molar-refractivity contribution in [2.45, 2.75) is 88.4 Å². The summed E-state index contributed by atoms with van der Waals surface area (Å²) in [6.45, 7) is 0.416. The predicted octanol–water partition coefficient (Wildman–Crippen LogP) is 5.40. The van der Waals surface area contributed by atoms with Crippen molar-refractivity contribution < 1.29 is 24.2 Å². The molecule has 3 atom stereocenters. The molecule has 0 spiro atoms. The average Bonchev–Trinajstić information content (AvgIpc) is 3.52. The van der Waals surface area contributed by atoms with Crippen LogP contribution in [0.3, 0.4) is 0 Å². The van der Waals surface area contributed by atoms with Crippen molar-refractivity contribution in [3.63, 3.8) is 0 Å². The molecule has 8 nitrogen and oxygen atoms in total. The van der Waals surface area contributed by atoms with E-state index in [1.54, 1.807) is 29.2 Å². The first-order valence-electron chi connectivity index (χ1n) is 15.9. The van der Waals surface area contributed by atoms with Gasteiger partial charge in [0.25, 0.3) is 11.8 Å². The first kappa shape index (κ1) is 31.3. The van der Waals surface area contributed by atoms with Gasteiger partial charge in [0.1, 0.15) is 17.5 Å². The van der Waals surface area contributed by atoms with Gasteiger partial charge in [-0.3, -0.25) is 14.4 Å². The fraction of sp³-hybridized carbons (Fsp3) is 0.417. The van der Waals surface area contributed by atoms with E-state index in [0.717, 1.165) is 31.2 Å². The third kappa shape index (κ3) is 8.47. The zero-order valence-electron chi connectivity index (χ0n) is 25.2. The van der Waals surface area contributed by atoms with E-state index in [9.17, 15) is 19.5 Å². The molecule has 3 amide bonds. The molecule has 5 rings (SSSR count). The van der Waals surface area contributed by atoms with Crippen LogP contribution in [0.1, 0.15) is 73.7 Å². The van der Waals surface area contributed by atoms with Crippen LogP contribution in [0.4, 0.5) is 0 Å². The highest BCUT2D eigenvalue weighted by Gasteiger charge is 2.40. The standard InChI is InChI=1S/C36H43N3O5/c40-33(35(42)37-28-17-8-2-1-3-9-18-28)32-22-13-23-39(32)36(43)31(24-26-14-6-4-7-15-26)38-34(41)27-16-12-21-30(25-27)44-29-19-10-5-11-20-29/h4-7,10-12,14-16,19-21,25,28,31-33,40H,1-3,8-9,13,17-18,22-24H2,(H,37,42)(H,38,41)/t31-,32?,33?/m0/s1. The van der Waals surface area contributed by atoms with Gasteiger partial charge in [0.05, 0.1) is 6.04 Å². The maximum absolute atomic E-state index is 14.1. The molecule has 1 aliphatic carbocycles. The van der Waals surface area contributed by atoms with Crippen LogP contribution in [0.15, 0.2) is 84.9 Å². The minimum absolute atomic E-state index is 0.0507. The van der Waals surface area contributed by atoms with Crippen LogP contribution in [-0.4, -0.2) is 58.5 Å². The van der Waals surface area contributed by atoms with Crippen molar-refractivity contribution in [1.82, 2.24) is 15.5 Å². The van der Waals surface area contributed by atoms with Crippen molar-refractivity contribution >= 4 is 17.7 Å². The van der Waals surface area contributed by atoms with E-state index in [2.05, 4.69) is 10.6 Å². The fourth-order valence-corrected chi connectivity index (χ4v) is 6.27. The number of likely N-dealkylation sites (tertiary alicyclic amines) is 1. The van der Waals surface area contributed by atoms with Crippen molar-refractivity contribution in [2.24, 2.45) is 0 Å². The van der Waals surface area contributed by atoms with E-state index in [1.165, 1.54) is 19.3 Å². The Balaban J connectivity index is 1.29. The predicted molar refractivity (Wildman–Crippen MR) is 169 cm³/mol. The van der Waals surface area contributed by atoms with Crippen LogP contribution in [0, 0.1) is 0 Å². The minimum atomic E-state index is -1.33. The van der Waals surface area contributed by atoms with E-state index in [1.807, 2.05) is 60.7 Å². The lowest BCUT2D eigenvalue weighted by atomic mass is 9.96. The molecule has 3 N–H and O–H groups in total. The lowest BCUT2D eigenvalue weighted by molar-refractivity contribution is -0.141. The number of rotatable bonds is 10. The average molecular weight is 598 g/mol. The summed E-state index contributed by atoms with van der Waals surface area (Å²) < 4.78 is 5.91. The molecule has 1 aliphatic heterocycles. The van der Waals surface area contributed by atoms with E-state index < -0.39 is 30.0 Å². The molecule has 1 saturated carbocycles. The summed E-state index contributed by atoms with van der Waals surface area (Å²) in [6, 6.07) is 24.2. The molecule has 1 heterocycles. The Bertz CT molecular complexity index is 1370. The molecule has 0 aromatic heterocycles. The van der Waals surface area contributed by atoms with Gasteiger partial charge in [-0.15, -0.1) is 0 Å². The van der Waals surface area contributed by atoms with Crippen molar-refractivity contribution in [1.29, 1.82) is 0 Å². The highest BCUT2D eigenvalue weighted by atomic mass is 16.5. The van der Waals surface area contributed by atoms with Crippen LogP contribution < -0.4 is 15.4 Å². The third-order valence-electron chi connectivity index (χ3n) is 8.63. The molecule has 232 valence electrons. The molecule has 0 radical (unpaired) electrons. The Morgan fingerprint density at radius 2 is 1.45 bits per heavy atom. The summed E-state index contributed by atoms with van der Waals surface area (Å²) >= 11 is 0. The highest BCUT2D eigenvalue weighted by Crippen LogP contribution is 2.25. The van der Waals surface area contributed by atoms with E-state index in [-0.39, 0.29) is 18.4 Å². The third-order valence-corrected chi connectivity index (χ3v) is 8.63. The second kappa shape index (κ2) is 15.5. The summed E-state index contributed by atoms with van der Waals surface area (Å²) in [4.78, 5) is 42.4. The number of aliphatic hydroxyl groups is 1. The second-order valence-electron chi connectivity index (χ2n) is 11.9. The number of carbonyl (C=O) groups is 3. The zero-order valence-corrected chi connectivity index (χ0v) is 25.2. The lowest BCUT2D eigenvalue weighted by Crippen LogP contribution is -2.56. The van der Waals surface area contributed by atoms with Gasteiger partial charge < -0.3 is 25.4 Å². The van der Waals surface area contributed by atoms with Gasteiger partial charge in [-0.1, -0.05) is 86.7 Å². The van der Waals surface area contributed by atoms with Gasteiger partial charge in [0.2, 0.25) is 5.91 Å². The summed E-state index contributed by atoms with van der Waals surface area (Å²) in [5.41, 5.74) is 1.26. The van der Waals surface area contributed by atoms with E-state index in [0.29, 0.717) is 36.4 Å². The summed E-state index contributed by atoms with van der Waals surface area (Å²) in [6.07, 6.45) is 7.67. The molecule has 2 aliphatic rings. The van der Waals surface area contributed by atoms with Crippen molar-refractivity contribution in [2.75, 3.05) is 6.54 Å². The Hall–Kier alpha value is -4.17. The number of benzene rings is 3. The number of ether oxygens (including phenoxy) is 1. The van der Waals surface area contributed by atoms with Gasteiger partial charge in [-0.05, 0) is 61.6 Å². The summed E-state index contributed by atoms with van der Waals surface area (Å²) in [7, 11) is 0. The van der Waals surface area contributed by atoms with Crippen LogP contribution in [0.25, 0.3) is 0 Å². The number of amides is 3. The van der Waals surface area contributed by atoms with Gasteiger partial charge in [0, 0.05) is 24.6 Å². The Kier molecular flexibility index (Phi) is 11.0. The smallest absolute Gasteiger partial charge is 0.252 e. The normalized spacial score (nSPS) is 18.8. The number of nitrogens with one attached hydrogen (secondary N) is 2. The molecule has 3 aromatic carbocycles. The van der Waals surface area contributed by atoms with Crippen LogP contribution in [0.2, 0.25) is 0 Å². The fourth-order valence-electron chi connectivity index (χ4n) is 6.27. The number of aliphatic hydroxyl groups excluding tert-OH is 1. The largest absolute Gasteiger partial charge is 0.457 e. The maximum Gasteiger partial charge on any atom is 0.252 e. The maximum atomic E-state index is 14.1. The molecule has 44 heavy (non-hydrogen) atoms. The monoisotopic (exact) mass is 597 g/mol. The zero-order chi connectivity index (χ0) is 30.7. The molecule has 2 fully saturated rings. The second-order valence-corrected chi connectivity index (χ2v) is 11.9. The SMILES string of the molecule is O=C(N[C@@H](Cc1ccccc1)C(=O)N1CCCC1C(O)C(=O)NC1CCCCCCC1)c1cccc(Oc2ccccc2)c1. The minimum Gasteiger partial charge on any atom is -0.457 e.